The zero-order chi connectivity index (χ0) is 21.6. The number of rotatable bonds is 15. The predicted octanol–water partition coefficient (Wildman–Crippen LogP) is 2.34. The van der Waals surface area contributed by atoms with Crippen molar-refractivity contribution in [3.63, 3.8) is 0 Å². The van der Waals surface area contributed by atoms with Gasteiger partial charge in [0.25, 0.3) is 0 Å². The number of hydrogen-bond acceptors (Lipinski definition) is 8. The van der Waals surface area contributed by atoms with Gasteiger partial charge in [-0.05, 0) is 26.2 Å². The van der Waals surface area contributed by atoms with Crippen LogP contribution < -0.4 is 0 Å². The molecule has 0 aromatic rings. The molecule has 0 saturated carbocycles. The Balaban J connectivity index is 5.53. The molecule has 0 amide bonds. The van der Waals surface area contributed by atoms with Crippen LogP contribution in [0.25, 0.3) is 0 Å². The molecule has 0 fully saturated rings. The Morgan fingerprint density at radius 2 is 1.29 bits per heavy atom. The first-order valence-corrected chi connectivity index (χ1v) is 9.96. The maximum atomic E-state index is 12.5. The van der Waals surface area contributed by atoms with Gasteiger partial charge in [-0.15, -0.1) is 0 Å². The standard InChI is InChI=1S/C20H34O8/c1-5-8-11-26-16(22)14-20(25,19(24)28-13-10-7-3)17(15(4)21)18(23)27-12-9-6-2/h17,25H,5-14H2,1-4H3/t17-,20?/m1/s1. The fourth-order valence-electron chi connectivity index (χ4n) is 2.43. The lowest BCUT2D eigenvalue weighted by atomic mass is 9.81. The zero-order valence-electron chi connectivity index (χ0n) is 17.5. The molecule has 0 rings (SSSR count). The van der Waals surface area contributed by atoms with E-state index in [1.54, 1.807) is 0 Å². The van der Waals surface area contributed by atoms with E-state index in [0.29, 0.717) is 19.3 Å². The predicted molar refractivity (Wildman–Crippen MR) is 101 cm³/mol. The molecule has 0 saturated heterocycles. The minimum atomic E-state index is -2.67. The van der Waals surface area contributed by atoms with Crippen LogP contribution in [0.1, 0.15) is 72.6 Å². The molecule has 0 heterocycles. The van der Waals surface area contributed by atoms with E-state index in [-0.39, 0.29) is 19.8 Å². The number of carbonyl (C=O) groups excluding carboxylic acids is 4. The number of unbranched alkanes of at least 4 members (excludes halogenated alkanes) is 3. The Hall–Kier alpha value is -1.96. The van der Waals surface area contributed by atoms with Gasteiger partial charge in [0.05, 0.1) is 26.2 Å². The number of ketones is 1. The molecule has 0 aliphatic carbocycles. The molecule has 0 bridgehead atoms. The van der Waals surface area contributed by atoms with Crippen LogP contribution in [0, 0.1) is 5.92 Å². The lowest BCUT2D eigenvalue weighted by molar-refractivity contribution is -0.187. The SMILES string of the molecule is CCCCOC(=O)CC(O)(C(=O)OCCCC)[C@H](C(C)=O)C(=O)OCCCC. The molecule has 0 spiro atoms. The Kier molecular flexibility index (Phi) is 13.1. The Morgan fingerprint density at radius 1 is 0.821 bits per heavy atom. The number of carbonyl (C=O) groups is 4. The molecule has 8 heteroatoms. The summed E-state index contributed by atoms with van der Waals surface area (Å²) >= 11 is 0. The average Bonchev–Trinajstić information content (AvgIpc) is 2.61. The van der Waals surface area contributed by atoms with Crippen molar-refractivity contribution < 1.29 is 38.5 Å². The maximum absolute atomic E-state index is 12.5. The van der Waals surface area contributed by atoms with E-state index in [1.165, 1.54) is 0 Å². The second kappa shape index (κ2) is 14.1. The van der Waals surface area contributed by atoms with Crippen LogP contribution in [0.2, 0.25) is 0 Å². The minimum absolute atomic E-state index is 0.00195. The van der Waals surface area contributed by atoms with Crippen molar-refractivity contribution in [3.8, 4) is 0 Å². The molecule has 1 unspecified atom stereocenters. The number of hydrogen-bond donors (Lipinski definition) is 1. The van der Waals surface area contributed by atoms with Gasteiger partial charge in [0, 0.05) is 0 Å². The summed E-state index contributed by atoms with van der Waals surface area (Å²) in [5.74, 6) is -5.82. The zero-order valence-corrected chi connectivity index (χ0v) is 17.5. The second-order valence-corrected chi connectivity index (χ2v) is 6.73. The Morgan fingerprint density at radius 3 is 1.75 bits per heavy atom. The van der Waals surface area contributed by atoms with E-state index in [0.717, 1.165) is 26.2 Å². The van der Waals surface area contributed by atoms with Crippen LogP contribution in [0.5, 0.6) is 0 Å². The van der Waals surface area contributed by atoms with Crippen LogP contribution in [-0.4, -0.2) is 54.2 Å². The second-order valence-electron chi connectivity index (χ2n) is 6.73. The van der Waals surface area contributed by atoms with Crippen molar-refractivity contribution in [2.45, 2.75) is 78.2 Å². The molecular weight excluding hydrogens is 368 g/mol. The van der Waals surface area contributed by atoms with E-state index in [1.807, 2.05) is 20.8 Å². The first kappa shape index (κ1) is 26.0. The van der Waals surface area contributed by atoms with E-state index in [9.17, 15) is 24.3 Å². The molecule has 162 valence electrons. The van der Waals surface area contributed by atoms with Gasteiger partial charge in [-0.25, -0.2) is 4.79 Å². The van der Waals surface area contributed by atoms with Gasteiger partial charge >= 0.3 is 17.9 Å². The molecule has 0 aliphatic heterocycles. The summed E-state index contributed by atoms with van der Waals surface area (Å²) in [6.07, 6.45) is 3.12. The van der Waals surface area contributed by atoms with Crippen LogP contribution in [0.4, 0.5) is 0 Å². The number of aliphatic hydroxyl groups is 1. The summed E-state index contributed by atoms with van der Waals surface area (Å²) in [7, 11) is 0. The fraction of sp³-hybridized carbons (Fsp3) is 0.800. The molecular formula is C20H34O8. The van der Waals surface area contributed by atoms with Crippen molar-refractivity contribution >= 4 is 23.7 Å². The van der Waals surface area contributed by atoms with Gasteiger partial charge in [-0.3, -0.25) is 14.4 Å². The fourth-order valence-corrected chi connectivity index (χ4v) is 2.43. The first-order valence-electron chi connectivity index (χ1n) is 9.96. The highest BCUT2D eigenvalue weighted by molar-refractivity contribution is 6.05. The highest BCUT2D eigenvalue weighted by atomic mass is 16.6. The number of ether oxygens (including phenoxy) is 3. The highest BCUT2D eigenvalue weighted by Crippen LogP contribution is 2.27. The van der Waals surface area contributed by atoms with Gasteiger partial charge in [-0.1, -0.05) is 40.0 Å². The summed E-state index contributed by atoms with van der Waals surface area (Å²) in [5, 5.41) is 11.0. The largest absolute Gasteiger partial charge is 0.466 e. The molecule has 1 N–H and O–H groups in total. The van der Waals surface area contributed by atoms with Gasteiger partial charge < -0.3 is 19.3 Å². The topological polar surface area (TPSA) is 116 Å². The van der Waals surface area contributed by atoms with Crippen molar-refractivity contribution in [1.82, 2.24) is 0 Å². The van der Waals surface area contributed by atoms with E-state index in [2.05, 4.69) is 0 Å². The van der Waals surface area contributed by atoms with E-state index < -0.39 is 41.6 Å². The van der Waals surface area contributed by atoms with Crippen LogP contribution in [-0.2, 0) is 33.4 Å². The highest BCUT2D eigenvalue weighted by Gasteiger charge is 2.54. The molecule has 2 atom stereocenters. The molecule has 28 heavy (non-hydrogen) atoms. The molecule has 0 radical (unpaired) electrons. The minimum Gasteiger partial charge on any atom is -0.466 e. The summed E-state index contributed by atoms with van der Waals surface area (Å²) in [6, 6.07) is 0. The molecule has 0 aromatic carbocycles. The van der Waals surface area contributed by atoms with Crippen molar-refractivity contribution in [2.75, 3.05) is 19.8 Å². The summed E-state index contributed by atoms with van der Waals surface area (Å²) in [5.41, 5.74) is -2.67. The lowest BCUT2D eigenvalue weighted by Crippen LogP contribution is -2.55. The summed E-state index contributed by atoms with van der Waals surface area (Å²) < 4.78 is 15.0. The smallest absolute Gasteiger partial charge is 0.340 e. The monoisotopic (exact) mass is 402 g/mol. The van der Waals surface area contributed by atoms with Gasteiger partial charge in [0.15, 0.2) is 11.5 Å². The third-order valence-electron chi connectivity index (χ3n) is 4.12. The summed E-state index contributed by atoms with van der Waals surface area (Å²) in [6.45, 7) is 6.89. The Labute approximate surface area is 166 Å². The third-order valence-corrected chi connectivity index (χ3v) is 4.12. The average molecular weight is 402 g/mol. The van der Waals surface area contributed by atoms with Gasteiger partial charge in [-0.2, -0.15) is 0 Å². The normalized spacial score (nSPS) is 13.9. The van der Waals surface area contributed by atoms with Crippen LogP contribution >= 0.6 is 0 Å². The van der Waals surface area contributed by atoms with Crippen molar-refractivity contribution in [3.05, 3.63) is 0 Å². The van der Waals surface area contributed by atoms with Crippen LogP contribution in [0.15, 0.2) is 0 Å². The maximum Gasteiger partial charge on any atom is 0.340 e. The van der Waals surface area contributed by atoms with Crippen molar-refractivity contribution in [1.29, 1.82) is 0 Å². The van der Waals surface area contributed by atoms with Gasteiger partial charge in [0.2, 0.25) is 0 Å². The third kappa shape index (κ3) is 8.82. The number of Topliss-reactive ketones (excluding diaryl/α,β-unsaturated/α-hetero) is 1. The quantitative estimate of drug-likeness (QED) is 0.192. The Bertz CT molecular complexity index is 516. The van der Waals surface area contributed by atoms with Crippen molar-refractivity contribution in [2.24, 2.45) is 5.92 Å². The lowest BCUT2D eigenvalue weighted by Gasteiger charge is -2.30. The molecule has 0 aliphatic rings. The molecule has 8 nitrogen and oxygen atoms in total. The van der Waals surface area contributed by atoms with Crippen LogP contribution in [0.3, 0.4) is 0 Å². The molecule has 0 aromatic heterocycles. The van der Waals surface area contributed by atoms with Gasteiger partial charge in [0.1, 0.15) is 5.78 Å². The van der Waals surface area contributed by atoms with E-state index >= 15 is 0 Å². The van der Waals surface area contributed by atoms with E-state index in [4.69, 9.17) is 14.2 Å². The summed E-state index contributed by atoms with van der Waals surface area (Å²) in [4.78, 5) is 49.2. The first-order chi connectivity index (χ1) is 13.2. The number of esters is 3.